The molecule has 1 aliphatic carbocycles. The first-order valence-corrected chi connectivity index (χ1v) is 6.72. The van der Waals surface area contributed by atoms with Crippen molar-refractivity contribution < 1.29 is 4.74 Å². The maximum absolute atomic E-state index is 5.79. The van der Waals surface area contributed by atoms with Crippen LogP contribution in [0.25, 0.3) is 0 Å². The van der Waals surface area contributed by atoms with Crippen LogP contribution in [0.15, 0.2) is 24.3 Å². The summed E-state index contributed by atoms with van der Waals surface area (Å²) in [6.07, 6.45) is 1.97. The molecule has 1 aliphatic rings. The van der Waals surface area contributed by atoms with Crippen LogP contribution in [0.4, 0.5) is 17.5 Å². The predicted molar refractivity (Wildman–Crippen MR) is 79.3 cm³/mol. The number of nitrogens with one attached hydrogen (secondary N) is 1. The molecule has 0 aliphatic heterocycles. The molecule has 1 aromatic carbocycles. The van der Waals surface area contributed by atoms with Crippen LogP contribution in [0.2, 0.25) is 0 Å². The largest absolute Gasteiger partial charge is 0.497 e. The minimum atomic E-state index is 0.328. The molecule has 1 heterocycles. The molecule has 0 bridgehead atoms. The SMILES string of the molecule is COc1ccc(Nc2nc(N)nc3c2CC(C)C3)cc1. The molecule has 1 atom stereocenters. The Morgan fingerprint density at radius 3 is 2.65 bits per heavy atom. The Hall–Kier alpha value is -2.30. The van der Waals surface area contributed by atoms with Gasteiger partial charge in [-0.05, 0) is 43.0 Å². The normalized spacial score (nSPS) is 16.8. The average Bonchev–Trinajstić information content (AvgIpc) is 2.80. The second kappa shape index (κ2) is 5.00. The number of ether oxygens (including phenoxy) is 1. The highest BCUT2D eigenvalue weighted by molar-refractivity contribution is 5.62. The van der Waals surface area contributed by atoms with Gasteiger partial charge in [0.25, 0.3) is 0 Å². The Kier molecular flexibility index (Phi) is 3.18. The fourth-order valence-electron chi connectivity index (χ4n) is 2.60. The van der Waals surface area contributed by atoms with Gasteiger partial charge in [0.15, 0.2) is 0 Å². The Morgan fingerprint density at radius 2 is 1.95 bits per heavy atom. The van der Waals surface area contributed by atoms with Gasteiger partial charge in [-0.1, -0.05) is 6.92 Å². The summed E-state index contributed by atoms with van der Waals surface area (Å²) >= 11 is 0. The van der Waals surface area contributed by atoms with Gasteiger partial charge in [-0.25, -0.2) is 4.98 Å². The lowest BCUT2D eigenvalue weighted by molar-refractivity contribution is 0.415. The summed E-state index contributed by atoms with van der Waals surface area (Å²) in [4.78, 5) is 8.68. The fourth-order valence-corrected chi connectivity index (χ4v) is 2.60. The van der Waals surface area contributed by atoms with E-state index in [1.807, 2.05) is 24.3 Å². The van der Waals surface area contributed by atoms with Crippen LogP contribution < -0.4 is 15.8 Å². The summed E-state index contributed by atoms with van der Waals surface area (Å²) < 4.78 is 5.15. The zero-order valence-corrected chi connectivity index (χ0v) is 11.7. The van der Waals surface area contributed by atoms with Crippen LogP contribution in [0, 0.1) is 5.92 Å². The summed E-state index contributed by atoms with van der Waals surface area (Å²) in [5, 5.41) is 3.33. The first-order chi connectivity index (χ1) is 9.65. The molecular formula is C15H18N4O. The van der Waals surface area contributed by atoms with Crippen LogP contribution >= 0.6 is 0 Å². The molecule has 3 rings (SSSR count). The molecule has 104 valence electrons. The first-order valence-electron chi connectivity index (χ1n) is 6.72. The van der Waals surface area contributed by atoms with E-state index >= 15 is 0 Å². The zero-order chi connectivity index (χ0) is 14.1. The molecule has 0 amide bonds. The van der Waals surface area contributed by atoms with E-state index in [1.54, 1.807) is 7.11 Å². The summed E-state index contributed by atoms with van der Waals surface area (Å²) in [6, 6.07) is 7.75. The zero-order valence-electron chi connectivity index (χ0n) is 11.7. The van der Waals surface area contributed by atoms with Gasteiger partial charge in [0, 0.05) is 11.3 Å². The molecular weight excluding hydrogens is 252 g/mol. The maximum atomic E-state index is 5.79. The third-order valence-electron chi connectivity index (χ3n) is 3.56. The smallest absolute Gasteiger partial charge is 0.222 e. The predicted octanol–water partition coefficient (Wildman–Crippen LogP) is 2.55. The fraction of sp³-hybridized carbons (Fsp3) is 0.333. The minimum absolute atomic E-state index is 0.328. The average molecular weight is 270 g/mol. The number of aromatic nitrogens is 2. The van der Waals surface area contributed by atoms with Gasteiger partial charge in [-0.2, -0.15) is 4.98 Å². The first kappa shape index (κ1) is 12.7. The lowest BCUT2D eigenvalue weighted by atomic mass is 10.1. The van der Waals surface area contributed by atoms with Crippen LogP contribution in [0.5, 0.6) is 5.75 Å². The van der Waals surface area contributed by atoms with Crippen molar-refractivity contribution in [3.63, 3.8) is 0 Å². The van der Waals surface area contributed by atoms with Crippen LogP contribution in [0.1, 0.15) is 18.2 Å². The van der Waals surface area contributed by atoms with E-state index in [2.05, 4.69) is 22.2 Å². The van der Waals surface area contributed by atoms with E-state index in [-0.39, 0.29) is 0 Å². The lowest BCUT2D eigenvalue weighted by Crippen LogP contribution is -2.05. The highest BCUT2D eigenvalue weighted by atomic mass is 16.5. The molecule has 5 heteroatoms. The maximum Gasteiger partial charge on any atom is 0.222 e. The Morgan fingerprint density at radius 1 is 1.20 bits per heavy atom. The highest BCUT2D eigenvalue weighted by Crippen LogP contribution is 2.32. The number of nitrogens with two attached hydrogens (primary N) is 1. The number of nitrogens with zero attached hydrogens (tertiary/aromatic N) is 2. The third-order valence-corrected chi connectivity index (χ3v) is 3.56. The molecule has 0 spiro atoms. The van der Waals surface area contributed by atoms with E-state index in [0.717, 1.165) is 35.8 Å². The molecule has 0 saturated heterocycles. The molecule has 3 N–H and O–H groups in total. The van der Waals surface area contributed by atoms with Crippen molar-refractivity contribution in [3.8, 4) is 5.75 Å². The number of benzene rings is 1. The summed E-state index contributed by atoms with van der Waals surface area (Å²) in [6.45, 7) is 2.22. The van der Waals surface area contributed by atoms with Gasteiger partial charge in [0.05, 0.1) is 12.8 Å². The van der Waals surface area contributed by atoms with Crippen molar-refractivity contribution in [1.29, 1.82) is 0 Å². The van der Waals surface area contributed by atoms with Gasteiger partial charge in [0.2, 0.25) is 5.95 Å². The molecule has 2 aromatic rings. The summed E-state index contributed by atoms with van der Waals surface area (Å²) in [5.41, 5.74) is 9.01. The van der Waals surface area contributed by atoms with E-state index in [1.165, 1.54) is 5.56 Å². The molecule has 5 nitrogen and oxygen atoms in total. The van der Waals surface area contributed by atoms with Gasteiger partial charge < -0.3 is 15.8 Å². The number of fused-ring (bicyclic) bond motifs is 1. The van der Waals surface area contributed by atoms with Gasteiger partial charge in [-0.15, -0.1) is 0 Å². The van der Waals surface area contributed by atoms with Crippen LogP contribution in [0.3, 0.4) is 0 Å². The van der Waals surface area contributed by atoms with Gasteiger partial charge in [0.1, 0.15) is 11.6 Å². The molecule has 1 unspecified atom stereocenters. The molecule has 0 saturated carbocycles. The quantitative estimate of drug-likeness (QED) is 0.896. The second-order valence-electron chi connectivity index (χ2n) is 5.22. The van der Waals surface area contributed by atoms with E-state index in [4.69, 9.17) is 10.5 Å². The number of anilines is 3. The van der Waals surface area contributed by atoms with E-state index in [0.29, 0.717) is 11.9 Å². The van der Waals surface area contributed by atoms with E-state index < -0.39 is 0 Å². The topological polar surface area (TPSA) is 73.1 Å². The van der Waals surface area contributed by atoms with Crippen molar-refractivity contribution in [2.75, 3.05) is 18.2 Å². The van der Waals surface area contributed by atoms with Crippen LogP contribution in [-0.4, -0.2) is 17.1 Å². The Bertz CT molecular complexity index is 625. The van der Waals surface area contributed by atoms with Crippen molar-refractivity contribution in [2.24, 2.45) is 5.92 Å². The molecule has 0 fully saturated rings. The highest BCUT2D eigenvalue weighted by Gasteiger charge is 2.23. The van der Waals surface area contributed by atoms with Crippen LogP contribution in [-0.2, 0) is 12.8 Å². The molecule has 20 heavy (non-hydrogen) atoms. The second-order valence-corrected chi connectivity index (χ2v) is 5.22. The van der Waals surface area contributed by atoms with Gasteiger partial charge >= 0.3 is 0 Å². The third kappa shape index (κ3) is 2.39. The van der Waals surface area contributed by atoms with Crippen molar-refractivity contribution in [1.82, 2.24) is 9.97 Å². The van der Waals surface area contributed by atoms with Crippen molar-refractivity contribution >= 4 is 17.5 Å². The Labute approximate surface area is 118 Å². The molecule has 1 aromatic heterocycles. The standard InChI is InChI=1S/C15H18N4O/c1-9-7-12-13(8-9)18-15(16)19-14(12)17-10-3-5-11(20-2)6-4-10/h3-6,9H,7-8H2,1-2H3,(H3,16,17,18,19). The van der Waals surface area contributed by atoms with Crippen molar-refractivity contribution in [2.45, 2.75) is 19.8 Å². The van der Waals surface area contributed by atoms with Gasteiger partial charge in [-0.3, -0.25) is 0 Å². The summed E-state index contributed by atoms with van der Waals surface area (Å²) in [7, 11) is 1.65. The summed E-state index contributed by atoms with van der Waals surface area (Å²) in [5.74, 6) is 2.57. The number of nitrogen functional groups attached to an aromatic ring is 1. The number of hydrogen-bond donors (Lipinski definition) is 2. The Balaban J connectivity index is 1.90. The molecule has 0 radical (unpaired) electrons. The number of rotatable bonds is 3. The minimum Gasteiger partial charge on any atom is -0.497 e. The number of methoxy groups -OCH3 is 1. The van der Waals surface area contributed by atoms with Crippen molar-refractivity contribution in [3.05, 3.63) is 35.5 Å². The monoisotopic (exact) mass is 270 g/mol. The number of hydrogen-bond acceptors (Lipinski definition) is 5. The lowest BCUT2D eigenvalue weighted by Gasteiger charge is -2.11. The van der Waals surface area contributed by atoms with E-state index in [9.17, 15) is 0 Å².